The molecule has 1 aliphatic carbocycles. The molecule has 2 aromatic carbocycles. The molecule has 1 saturated carbocycles. The smallest absolute Gasteiger partial charge is 0.280 e. The van der Waals surface area contributed by atoms with E-state index in [4.69, 9.17) is 0 Å². The molecular weight excluding hydrogens is 408 g/mol. The van der Waals surface area contributed by atoms with Crippen molar-refractivity contribution in [2.45, 2.75) is 51.1 Å². The number of nitrogens with one attached hydrogen (secondary N) is 1. The van der Waals surface area contributed by atoms with Crippen LogP contribution in [0, 0.1) is 0 Å². The van der Waals surface area contributed by atoms with E-state index in [0.717, 1.165) is 54.8 Å². The highest BCUT2D eigenvalue weighted by atomic mass is 32.1. The first kappa shape index (κ1) is 21.2. The molecule has 1 heterocycles. The van der Waals surface area contributed by atoms with E-state index in [-0.39, 0.29) is 23.6 Å². The molecule has 1 fully saturated rings. The minimum Gasteiger partial charge on any atom is -0.351 e. The van der Waals surface area contributed by atoms with E-state index >= 15 is 0 Å². The van der Waals surface area contributed by atoms with Crippen LogP contribution in [-0.2, 0) is 11.2 Å². The lowest BCUT2D eigenvalue weighted by atomic mass is 10.0. The van der Waals surface area contributed by atoms with Gasteiger partial charge in [-0.1, -0.05) is 66.7 Å². The monoisotopic (exact) mass is 434 g/mol. The molecule has 3 aromatic rings. The van der Waals surface area contributed by atoms with Crippen LogP contribution in [0.15, 0.2) is 60.0 Å². The third-order valence-electron chi connectivity index (χ3n) is 5.74. The quantitative estimate of drug-likeness (QED) is 0.592. The predicted molar refractivity (Wildman–Crippen MR) is 122 cm³/mol. The van der Waals surface area contributed by atoms with Crippen LogP contribution in [-0.4, -0.2) is 27.4 Å². The largest absolute Gasteiger partial charge is 0.351 e. The standard InChI is InChI=1S/C24H26N4O2S/c1-2-17-12-14-20(15-13-17)28(24(30)21-16-31-27-26-21)22(18-8-4-3-5-9-18)23(29)25-19-10-6-7-11-19/h3-5,8-9,12-16,19,22H,2,6-7,10-11H2,1H3,(H,25,29)/t22-/m1/s1. The number of aryl methyl sites for hydroxylation is 1. The number of aromatic nitrogens is 2. The van der Waals surface area contributed by atoms with Gasteiger partial charge in [-0.25, -0.2) is 0 Å². The highest BCUT2D eigenvalue weighted by Gasteiger charge is 2.35. The number of hydrogen-bond acceptors (Lipinski definition) is 5. The molecule has 0 aliphatic heterocycles. The summed E-state index contributed by atoms with van der Waals surface area (Å²) in [4.78, 5) is 28.7. The second-order valence-electron chi connectivity index (χ2n) is 7.79. The number of carbonyl (C=O) groups excluding carboxylic acids is 2. The molecule has 1 N–H and O–H groups in total. The Balaban J connectivity index is 1.77. The summed E-state index contributed by atoms with van der Waals surface area (Å²) in [6, 6.07) is 16.6. The molecule has 1 aromatic heterocycles. The summed E-state index contributed by atoms with van der Waals surface area (Å²) in [5.74, 6) is -0.511. The third kappa shape index (κ3) is 4.82. The van der Waals surface area contributed by atoms with E-state index in [1.807, 2.05) is 54.6 Å². The first-order valence-corrected chi connectivity index (χ1v) is 11.6. The number of hydrogen-bond donors (Lipinski definition) is 1. The maximum atomic E-state index is 13.6. The van der Waals surface area contributed by atoms with Crippen molar-refractivity contribution < 1.29 is 9.59 Å². The van der Waals surface area contributed by atoms with E-state index in [9.17, 15) is 9.59 Å². The fourth-order valence-corrected chi connectivity index (χ4v) is 4.49. The minimum absolute atomic E-state index is 0.152. The summed E-state index contributed by atoms with van der Waals surface area (Å²) in [5.41, 5.74) is 2.82. The Bertz CT molecular complexity index is 1000. The van der Waals surface area contributed by atoms with Gasteiger partial charge in [0.15, 0.2) is 5.69 Å². The van der Waals surface area contributed by atoms with Gasteiger partial charge in [0.05, 0.1) is 0 Å². The Morgan fingerprint density at radius 3 is 2.42 bits per heavy atom. The van der Waals surface area contributed by atoms with E-state index < -0.39 is 6.04 Å². The van der Waals surface area contributed by atoms with Crippen molar-refractivity contribution in [2.75, 3.05) is 4.90 Å². The molecule has 31 heavy (non-hydrogen) atoms. The van der Waals surface area contributed by atoms with Gasteiger partial charge in [0.2, 0.25) is 5.91 Å². The van der Waals surface area contributed by atoms with Gasteiger partial charge in [-0.2, -0.15) is 0 Å². The molecular formula is C24H26N4O2S. The summed E-state index contributed by atoms with van der Waals surface area (Å²) < 4.78 is 3.85. The zero-order valence-electron chi connectivity index (χ0n) is 17.5. The van der Waals surface area contributed by atoms with Gasteiger partial charge in [0.25, 0.3) is 5.91 Å². The van der Waals surface area contributed by atoms with E-state index in [2.05, 4.69) is 21.8 Å². The summed E-state index contributed by atoms with van der Waals surface area (Å²) >= 11 is 1.12. The van der Waals surface area contributed by atoms with Gasteiger partial charge in [0, 0.05) is 17.1 Å². The molecule has 2 amide bonds. The van der Waals surface area contributed by atoms with Crippen molar-refractivity contribution in [1.82, 2.24) is 14.9 Å². The zero-order valence-corrected chi connectivity index (χ0v) is 18.3. The summed E-state index contributed by atoms with van der Waals surface area (Å²) in [6.45, 7) is 2.08. The Kier molecular flexibility index (Phi) is 6.72. The topological polar surface area (TPSA) is 75.2 Å². The molecule has 1 atom stereocenters. The van der Waals surface area contributed by atoms with Crippen LogP contribution in [0.5, 0.6) is 0 Å². The summed E-state index contributed by atoms with van der Waals surface area (Å²) in [7, 11) is 0. The van der Waals surface area contributed by atoms with Crippen molar-refractivity contribution in [3.05, 3.63) is 76.8 Å². The van der Waals surface area contributed by atoms with Crippen LogP contribution in [0.25, 0.3) is 0 Å². The molecule has 0 saturated heterocycles. The van der Waals surface area contributed by atoms with Gasteiger partial charge in [0.1, 0.15) is 6.04 Å². The average molecular weight is 435 g/mol. The number of nitrogens with zero attached hydrogens (tertiary/aromatic N) is 3. The Labute approximate surface area is 186 Å². The van der Waals surface area contributed by atoms with E-state index in [1.54, 1.807) is 10.3 Å². The van der Waals surface area contributed by atoms with E-state index in [0.29, 0.717) is 5.69 Å². The molecule has 160 valence electrons. The number of benzene rings is 2. The van der Waals surface area contributed by atoms with Gasteiger partial charge < -0.3 is 5.32 Å². The number of anilines is 1. The number of amides is 2. The van der Waals surface area contributed by atoms with E-state index in [1.165, 1.54) is 0 Å². The van der Waals surface area contributed by atoms with Crippen molar-refractivity contribution in [3.63, 3.8) is 0 Å². The maximum Gasteiger partial charge on any atom is 0.280 e. The van der Waals surface area contributed by atoms with Gasteiger partial charge in [-0.3, -0.25) is 14.5 Å². The number of carbonyl (C=O) groups is 2. The average Bonchev–Trinajstić information content (AvgIpc) is 3.52. The summed E-state index contributed by atoms with van der Waals surface area (Å²) in [6.07, 6.45) is 5.08. The fraction of sp³-hybridized carbons (Fsp3) is 0.333. The Morgan fingerprint density at radius 1 is 1.10 bits per heavy atom. The molecule has 1 aliphatic rings. The molecule has 0 bridgehead atoms. The molecule has 0 unspecified atom stereocenters. The van der Waals surface area contributed by atoms with Crippen molar-refractivity contribution in [1.29, 1.82) is 0 Å². The Morgan fingerprint density at radius 2 is 1.81 bits per heavy atom. The van der Waals surface area contributed by atoms with Crippen LogP contribution in [0.2, 0.25) is 0 Å². The maximum absolute atomic E-state index is 13.6. The third-order valence-corrected chi connectivity index (χ3v) is 6.25. The highest BCUT2D eigenvalue weighted by Crippen LogP contribution is 2.31. The highest BCUT2D eigenvalue weighted by molar-refractivity contribution is 7.03. The molecule has 4 rings (SSSR count). The van der Waals surface area contributed by atoms with Crippen LogP contribution >= 0.6 is 11.5 Å². The first-order chi connectivity index (χ1) is 15.2. The van der Waals surface area contributed by atoms with Crippen LogP contribution in [0.3, 0.4) is 0 Å². The lowest BCUT2D eigenvalue weighted by molar-refractivity contribution is -0.123. The van der Waals surface area contributed by atoms with Gasteiger partial charge >= 0.3 is 0 Å². The number of rotatable bonds is 7. The second-order valence-corrected chi connectivity index (χ2v) is 8.40. The SMILES string of the molecule is CCc1ccc(N(C(=O)c2csnn2)[C@@H](C(=O)NC2CCCC2)c2ccccc2)cc1. The van der Waals surface area contributed by atoms with Crippen LogP contribution < -0.4 is 10.2 Å². The fourth-order valence-electron chi connectivity index (χ4n) is 4.06. The summed E-state index contributed by atoms with van der Waals surface area (Å²) in [5, 5.41) is 8.78. The second kappa shape index (κ2) is 9.83. The minimum atomic E-state index is -0.802. The predicted octanol–water partition coefficient (Wildman–Crippen LogP) is 4.55. The van der Waals surface area contributed by atoms with Crippen molar-refractivity contribution >= 4 is 29.0 Å². The first-order valence-electron chi connectivity index (χ1n) is 10.7. The molecule has 7 heteroatoms. The molecule has 0 radical (unpaired) electrons. The normalized spacial score (nSPS) is 14.9. The van der Waals surface area contributed by atoms with Gasteiger partial charge in [-0.05, 0) is 54.1 Å². The molecule has 6 nitrogen and oxygen atoms in total. The van der Waals surface area contributed by atoms with Crippen molar-refractivity contribution in [3.8, 4) is 0 Å². The lowest BCUT2D eigenvalue weighted by Crippen LogP contribution is -2.46. The zero-order chi connectivity index (χ0) is 21.6. The van der Waals surface area contributed by atoms with Crippen LogP contribution in [0.4, 0.5) is 5.69 Å². The lowest BCUT2D eigenvalue weighted by Gasteiger charge is -2.32. The Hall–Kier alpha value is -3.06. The van der Waals surface area contributed by atoms with Crippen LogP contribution in [0.1, 0.15) is 60.3 Å². The molecule has 0 spiro atoms. The van der Waals surface area contributed by atoms with Gasteiger partial charge in [-0.15, -0.1) is 5.10 Å². The van der Waals surface area contributed by atoms with Crippen molar-refractivity contribution in [2.24, 2.45) is 0 Å².